The third-order valence-corrected chi connectivity index (χ3v) is 3.49. The second-order valence-corrected chi connectivity index (χ2v) is 5.33. The van der Waals surface area contributed by atoms with Gasteiger partial charge in [0.25, 0.3) is 5.91 Å². The topological polar surface area (TPSA) is 40.5 Å². The molecule has 3 nitrogen and oxygen atoms in total. The summed E-state index contributed by atoms with van der Waals surface area (Å²) in [4.78, 5) is 13.3. The summed E-state index contributed by atoms with van der Waals surface area (Å²) in [6.45, 7) is 2.05. The number of benzene rings is 1. The maximum Gasteiger partial charge on any atom is 0.419 e. The molecule has 1 aromatic rings. The highest BCUT2D eigenvalue weighted by atomic mass is 19.4. The van der Waals surface area contributed by atoms with Crippen molar-refractivity contribution in [2.24, 2.45) is 0 Å². The predicted molar refractivity (Wildman–Crippen MR) is 67.2 cm³/mol. The summed E-state index contributed by atoms with van der Waals surface area (Å²) in [7, 11) is 0. The van der Waals surface area contributed by atoms with Crippen LogP contribution in [-0.4, -0.2) is 34.6 Å². The fourth-order valence-corrected chi connectivity index (χ4v) is 2.49. The van der Waals surface area contributed by atoms with Gasteiger partial charge in [0, 0.05) is 5.56 Å². The van der Waals surface area contributed by atoms with Crippen molar-refractivity contribution < 1.29 is 27.5 Å². The van der Waals surface area contributed by atoms with E-state index >= 15 is 0 Å². The molecule has 0 spiro atoms. The summed E-state index contributed by atoms with van der Waals surface area (Å²) < 4.78 is 51.0. The molecule has 0 aliphatic carbocycles. The highest BCUT2D eigenvalue weighted by Gasteiger charge is 2.43. The number of alkyl halides is 3. The van der Waals surface area contributed by atoms with Crippen LogP contribution in [0.1, 0.15) is 35.7 Å². The largest absolute Gasteiger partial charge is 0.419 e. The van der Waals surface area contributed by atoms with Crippen molar-refractivity contribution in [3.63, 3.8) is 0 Å². The molecule has 1 aliphatic rings. The first-order valence-corrected chi connectivity index (χ1v) is 6.55. The maximum atomic E-state index is 13.2. The third kappa shape index (κ3) is 3.18. The number of likely N-dealkylation sites (tertiary alicyclic amines) is 1. The van der Waals surface area contributed by atoms with Crippen LogP contribution in [0.2, 0.25) is 0 Å². The molecule has 21 heavy (non-hydrogen) atoms. The van der Waals surface area contributed by atoms with Gasteiger partial charge in [-0.05, 0) is 24.6 Å². The van der Waals surface area contributed by atoms with Gasteiger partial charge in [0.15, 0.2) is 0 Å². The summed E-state index contributed by atoms with van der Waals surface area (Å²) >= 11 is 0. The standard InChI is InChI=1S/C14H15F4NO2/c1-2-5-13(21)7-19(8-13)12(20)9-3-4-11(15)10(6-9)14(16,17)18/h3-4,6,21H,2,5,7-8H2,1H3. The van der Waals surface area contributed by atoms with E-state index in [9.17, 15) is 27.5 Å². The minimum absolute atomic E-state index is 0.0817. The zero-order chi connectivity index (χ0) is 15.8. The number of halogens is 4. The first-order valence-electron chi connectivity index (χ1n) is 6.55. The van der Waals surface area contributed by atoms with Crippen LogP contribution in [0.3, 0.4) is 0 Å². The van der Waals surface area contributed by atoms with E-state index < -0.39 is 29.1 Å². The van der Waals surface area contributed by atoms with Gasteiger partial charge in [-0.1, -0.05) is 13.3 Å². The Morgan fingerprint density at radius 2 is 2.00 bits per heavy atom. The van der Waals surface area contributed by atoms with Gasteiger partial charge in [0.2, 0.25) is 0 Å². The van der Waals surface area contributed by atoms with Crippen molar-refractivity contribution in [3.05, 3.63) is 35.1 Å². The molecule has 0 saturated carbocycles. The molecule has 2 rings (SSSR count). The lowest BCUT2D eigenvalue weighted by Crippen LogP contribution is -2.63. The third-order valence-electron chi connectivity index (χ3n) is 3.49. The van der Waals surface area contributed by atoms with E-state index in [1.165, 1.54) is 4.90 Å². The quantitative estimate of drug-likeness (QED) is 0.872. The van der Waals surface area contributed by atoms with E-state index in [-0.39, 0.29) is 18.7 Å². The number of nitrogens with zero attached hydrogens (tertiary/aromatic N) is 1. The van der Waals surface area contributed by atoms with Crippen LogP contribution >= 0.6 is 0 Å². The Bertz CT molecular complexity index is 550. The van der Waals surface area contributed by atoms with Crippen molar-refractivity contribution in [1.82, 2.24) is 4.90 Å². The molecule has 1 heterocycles. The van der Waals surface area contributed by atoms with Gasteiger partial charge >= 0.3 is 6.18 Å². The van der Waals surface area contributed by atoms with Gasteiger partial charge < -0.3 is 10.0 Å². The monoisotopic (exact) mass is 305 g/mol. The number of rotatable bonds is 3. The fourth-order valence-electron chi connectivity index (χ4n) is 2.49. The smallest absolute Gasteiger partial charge is 0.386 e. The lowest BCUT2D eigenvalue weighted by molar-refractivity contribution is -0.140. The number of amides is 1. The SMILES string of the molecule is CCCC1(O)CN(C(=O)c2ccc(F)c(C(F)(F)F)c2)C1. The van der Waals surface area contributed by atoms with Crippen molar-refractivity contribution in [3.8, 4) is 0 Å². The Morgan fingerprint density at radius 1 is 1.38 bits per heavy atom. The molecular formula is C14H15F4NO2. The second-order valence-electron chi connectivity index (χ2n) is 5.33. The summed E-state index contributed by atoms with van der Waals surface area (Å²) in [5.41, 5.74) is -2.66. The molecule has 1 fully saturated rings. The van der Waals surface area contributed by atoms with Crippen molar-refractivity contribution in [2.45, 2.75) is 31.5 Å². The average molecular weight is 305 g/mol. The lowest BCUT2D eigenvalue weighted by atomic mass is 9.88. The summed E-state index contributed by atoms with van der Waals surface area (Å²) in [5.74, 6) is -2.05. The molecule has 1 amide bonds. The van der Waals surface area contributed by atoms with Crippen LogP contribution in [0.5, 0.6) is 0 Å². The zero-order valence-electron chi connectivity index (χ0n) is 11.4. The van der Waals surface area contributed by atoms with Crippen LogP contribution in [0.4, 0.5) is 17.6 Å². The zero-order valence-corrected chi connectivity index (χ0v) is 11.4. The van der Waals surface area contributed by atoms with E-state index in [0.29, 0.717) is 18.6 Å². The number of carbonyl (C=O) groups excluding carboxylic acids is 1. The Labute approximate surface area is 119 Å². The lowest BCUT2D eigenvalue weighted by Gasteiger charge is -2.46. The Kier molecular flexibility index (Phi) is 3.97. The van der Waals surface area contributed by atoms with Crippen LogP contribution < -0.4 is 0 Å². The molecule has 0 bridgehead atoms. The Hall–Kier alpha value is -1.63. The highest BCUT2D eigenvalue weighted by molar-refractivity contribution is 5.95. The van der Waals surface area contributed by atoms with E-state index in [2.05, 4.69) is 0 Å². The molecule has 0 atom stereocenters. The molecule has 1 aliphatic heterocycles. The van der Waals surface area contributed by atoms with Crippen LogP contribution in [0.15, 0.2) is 18.2 Å². The Morgan fingerprint density at radius 3 is 2.52 bits per heavy atom. The normalized spacial score (nSPS) is 17.5. The van der Waals surface area contributed by atoms with E-state index in [1.54, 1.807) is 0 Å². The minimum Gasteiger partial charge on any atom is -0.386 e. The first-order chi connectivity index (χ1) is 9.66. The van der Waals surface area contributed by atoms with Crippen LogP contribution in [0, 0.1) is 5.82 Å². The number of hydrogen-bond donors (Lipinski definition) is 1. The summed E-state index contributed by atoms with van der Waals surface area (Å²) in [5, 5.41) is 9.97. The number of aliphatic hydroxyl groups is 1. The van der Waals surface area contributed by atoms with E-state index in [4.69, 9.17) is 0 Å². The minimum atomic E-state index is -4.85. The van der Waals surface area contributed by atoms with Gasteiger partial charge in [-0.3, -0.25) is 4.79 Å². The van der Waals surface area contributed by atoms with E-state index in [0.717, 1.165) is 12.5 Å². The predicted octanol–water partition coefficient (Wildman–Crippen LogP) is 2.83. The van der Waals surface area contributed by atoms with Crippen LogP contribution in [0.25, 0.3) is 0 Å². The van der Waals surface area contributed by atoms with Gasteiger partial charge in [0.1, 0.15) is 5.82 Å². The molecule has 7 heteroatoms. The molecule has 0 radical (unpaired) electrons. The number of hydrogen-bond acceptors (Lipinski definition) is 2. The van der Waals surface area contributed by atoms with Gasteiger partial charge in [0.05, 0.1) is 24.3 Å². The second kappa shape index (κ2) is 5.29. The molecule has 0 aromatic heterocycles. The summed E-state index contributed by atoms with van der Waals surface area (Å²) in [6.07, 6.45) is -3.58. The molecule has 1 N–H and O–H groups in total. The summed E-state index contributed by atoms with van der Waals surface area (Å²) in [6, 6.07) is 2.16. The van der Waals surface area contributed by atoms with E-state index in [1.807, 2.05) is 6.92 Å². The Balaban J connectivity index is 2.15. The average Bonchev–Trinajstić information content (AvgIpc) is 2.34. The molecule has 1 aromatic carbocycles. The number of carbonyl (C=O) groups is 1. The fraction of sp³-hybridized carbons (Fsp3) is 0.500. The van der Waals surface area contributed by atoms with Crippen LogP contribution in [-0.2, 0) is 6.18 Å². The maximum absolute atomic E-state index is 13.2. The molecule has 0 unspecified atom stereocenters. The number of β-amino-alcohol motifs (C(OH)–C–C–N with tert-alkyl or cyclic N) is 1. The first kappa shape index (κ1) is 15.8. The van der Waals surface area contributed by atoms with Gasteiger partial charge in [-0.25, -0.2) is 4.39 Å². The van der Waals surface area contributed by atoms with Gasteiger partial charge in [-0.2, -0.15) is 13.2 Å². The van der Waals surface area contributed by atoms with Crippen molar-refractivity contribution in [1.29, 1.82) is 0 Å². The highest BCUT2D eigenvalue weighted by Crippen LogP contribution is 2.33. The van der Waals surface area contributed by atoms with Crippen molar-refractivity contribution >= 4 is 5.91 Å². The molecule has 116 valence electrons. The molecule has 1 saturated heterocycles. The molecular weight excluding hydrogens is 290 g/mol. The van der Waals surface area contributed by atoms with Gasteiger partial charge in [-0.15, -0.1) is 0 Å². The van der Waals surface area contributed by atoms with Crippen molar-refractivity contribution in [2.75, 3.05) is 13.1 Å².